The van der Waals surface area contributed by atoms with Crippen molar-refractivity contribution in [3.8, 4) is 0 Å². The van der Waals surface area contributed by atoms with E-state index in [-0.39, 0.29) is 6.10 Å². The molecule has 0 amide bonds. The van der Waals surface area contributed by atoms with E-state index >= 15 is 0 Å². The predicted molar refractivity (Wildman–Crippen MR) is 78.9 cm³/mol. The summed E-state index contributed by atoms with van der Waals surface area (Å²) < 4.78 is 0. The van der Waals surface area contributed by atoms with Gasteiger partial charge in [0.1, 0.15) is 16.5 Å². The second-order valence-corrected chi connectivity index (χ2v) is 6.34. The van der Waals surface area contributed by atoms with E-state index in [4.69, 9.17) is 0 Å². The van der Waals surface area contributed by atoms with Crippen LogP contribution >= 0.6 is 11.3 Å². The third kappa shape index (κ3) is 2.44. The highest BCUT2D eigenvalue weighted by Crippen LogP contribution is 2.35. The SMILES string of the molecule is Cc1nc(N(C)CC(O)C2CC2)c2c(C)csc2n1. The Labute approximate surface area is 117 Å². The van der Waals surface area contributed by atoms with Crippen LogP contribution in [0.3, 0.4) is 0 Å². The molecule has 0 saturated heterocycles. The van der Waals surface area contributed by atoms with Gasteiger partial charge >= 0.3 is 0 Å². The molecular formula is C14H19N3OS. The number of aliphatic hydroxyl groups excluding tert-OH is 1. The molecule has 1 N–H and O–H groups in total. The Morgan fingerprint density at radius 3 is 2.84 bits per heavy atom. The Kier molecular flexibility index (Phi) is 3.19. The van der Waals surface area contributed by atoms with Gasteiger partial charge in [-0.15, -0.1) is 11.3 Å². The summed E-state index contributed by atoms with van der Waals surface area (Å²) in [4.78, 5) is 12.2. The number of hydrogen-bond acceptors (Lipinski definition) is 5. The number of hydrogen-bond donors (Lipinski definition) is 1. The quantitative estimate of drug-likeness (QED) is 0.933. The number of thiophene rings is 1. The fourth-order valence-corrected chi connectivity index (χ4v) is 3.40. The van der Waals surface area contributed by atoms with Crippen molar-refractivity contribution < 1.29 is 5.11 Å². The van der Waals surface area contributed by atoms with E-state index in [1.54, 1.807) is 11.3 Å². The molecule has 19 heavy (non-hydrogen) atoms. The Balaban J connectivity index is 1.95. The van der Waals surface area contributed by atoms with Crippen molar-refractivity contribution in [3.05, 3.63) is 16.8 Å². The van der Waals surface area contributed by atoms with E-state index in [9.17, 15) is 5.11 Å². The maximum absolute atomic E-state index is 10.1. The zero-order valence-corrected chi connectivity index (χ0v) is 12.4. The zero-order valence-electron chi connectivity index (χ0n) is 11.6. The molecule has 1 saturated carbocycles. The Morgan fingerprint density at radius 1 is 1.42 bits per heavy atom. The molecule has 3 rings (SSSR count). The molecule has 1 atom stereocenters. The Hall–Kier alpha value is -1.20. The number of aliphatic hydroxyl groups is 1. The van der Waals surface area contributed by atoms with Crippen LogP contribution in [0, 0.1) is 19.8 Å². The highest BCUT2D eigenvalue weighted by molar-refractivity contribution is 7.17. The molecule has 0 aliphatic heterocycles. The summed E-state index contributed by atoms with van der Waals surface area (Å²) in [6.45, 7) is 4.65. The fourth-order valence-electron chi connectivity index (χ4n) is 2.44. The first kappa shape index (κ1) is 12.8. The van der Waals surface area contributed by atoms with Crippen LogP contribution in [0.15, 0.2) is 5.38 Å². The second-order valence-electron chi connectivity index (χ2n) is 5.48. The van der Waals surface area contributed by atoms with E-state index in [1.807, 2.05) is 14.0 Å². The number of fused-ring (bicyclic) bond motifs is 1. The van der Waals surface area contributed by atoms with Crippen molar-refractivity contribution in [3.63, 3.8) is 0 Å². The largest absolute Gasteiger partial charge is 0.391 e. The fraction of sp³-hybridized carbons (Fsp3) is 0.571. The normalized spacial score (nSPS) is 16.8. The van der Waals surface area contributed by atoms with Crippen LogP contribution in [0.2, 0.25) is 0 Å². The van der Waals surface area contributed by atoms with Gasteiger partial charge in [0.25, 0.3) is 0 Å². The third-order valence-corrected chi connectivity index (χ3v) is 4.69. The highest BCUT2D eigenvalue weighted by Gasteiger charge is 2.31. The summed E-state index contributed by atoms with van der Waals surface area (Å²) in [5, 5.41) is 13.3. The minimum Gasteiger partial charge on any atom is -0.391 e. The van der Waals surface area contributed by atoms with Gasteiger partial charge in [0.15, 0.2) is 0 Å². The van der Waals surface area contributed by atoms with Crippen molar-refractivity contribution in [1.82, 2.24) is 9.97 Å². The molecular weight excluding hydrogens is 258 g/mol. The molecule has 5 heteroatoms. The predicted octanol–water partition coefficient (Wildman–Crippen LogP) is 2.52. The van der Waals surface area contributed by atoms with Gasteiger partial charge < -0.3 is 10.0 Å². The Bertz CT molecular complexity index is 606. The zero-order chi connectivity index (χ0) is 13.6. The molecule has 4 nitrogen and oxygen atoms in total. The van der Waals surface area contributed by atoms with E-state index in [0.717, 1.165) is 34.7 Å². The van der Waals surface area contributed by atoms with Gasteiger partial charge in [-0.2, -0.15) is 0 Å². The molecule has 0 radical (unpaired) electrons. The first-order valence-corrected chi connectivity index (χ1v) is 7.56. The lowest BCUT2D eigenvalue weighted by molar-refractivity contribution is 0.158. The minimum atomic E-state index is -0.241. The summed E-state index contributed by atoms with van der Waals surface area (Å²) in [5.74, 6) is 2.22. The van der Waals surface area contributed by atoms with Gasteiger partial charge in [-0.3, -0.25) is 0 Å². The van der Waals surface area contributed by atoms with Gasteiger partial charge in [0.05, 0.1) is 11.5 Å². The summed E-state index contributed by atoms with van der Waals surface area (Å²) in [5.41, 5.74) is 1.21. The molecule has 0 bridgehead atoms. The molecule has 1 aliphatic rings. The van der Waals surface area contributed by atoms with Crippen LogP contribution in [0.4, 0.5) is 5.82 Å². The van der Waals surface area contributed by atoms with Crippen LogP contribution in [-0.4, -0.2) is 34.8 Å². The first-order valence-electron chi connectivity index (χ1n) is 6.68. The van der Waals surface area contributed by atoms with Gasteiger partial charge in [-0.05, 0) is 43.6 Å². The summed E-state index contributed by atoms with van der Waals surface area (Å²) >= 11 is 1.66. The topological polar surface area (TPSA) is 49.2 Å². The Morgan fingerprint density at radius 2 is 2.16 bits per heavy atom. The highest BCUT2D eigenvalue weighted by atomic mass is 32.1. The molecule has 1 unspecified atom stereocenters. The molecule has 0 spiro atoms. The van der Waals surface area contributed by atoms with E-state index in [1.165, 1.54) is 5.56 Å². The summed E-state index contributed by atoms with van der Waals surface area (Å²) in [6.07, 6.45) is 2.07. The van der Waals surface area contributed by atoms with Crippen molar-refractivity contribution in [2.24, 2.45) is 5.92 Å². The number of anilines is 1. The summed E-state index contributed by atoms with van der Waals surface area (Å²) in [7, 11) is 2.00. The first-order chi connectivity index (χ1) is 9.06. The van der Waals surface area contributed by atoms with E-state index in [2.05, 4.69) is 27.2 Å². The maximum atomic E-state index is 10.1. The van der Waals surface area contributed by atoms with Gasteiger partial charge in [0, 0.05) is 13.6 Å². The lowest BCUT2D eigenvalue weighted by Gasteiger charge is -2.22. The molecule has 1 aliphatic carbocycles. The second kappa shape index (κ2) is 4.72. The minimum absolute atomic E-state index is 0.241. The number of aromatic nitrogens is 2. The van der Waals surface area contributed by atoms with E-state index < -0.39 is 0 Å². The van der Waals surface area contributed by atoms with Gasteiger partial charge in [0.2, 0.25) is 0 Å². The smallest absolute Gasteiger partial charge is 0.141 e. The van der Waals surface area contributed by atoms with Crippen molar-refractivity contribution >= 4 is 27.4 Å². The molecule has 102 valence electrons. The number of likely N-dealkylation sites (N-methyl/N-ethyl adjacent to an activating group) is 1. The molecule has 2 heterocycles. The van der Waals surface area contributed by atoms with Crippen molar-refractivity contribution in [2.45, 2.75) is 32.8 Å². The third-order valence-electron chi connectivity index (χ3n) is 3.70. The summed E-state index contributed by atoms with van der Waals surface area (Å²) in [6, 6.07) is 0. The standard InChI is InChI=1S/C14H19N3OS/c1-8-7-19-14-12(8)13(15-9(2)16-14)17(3)6-11(18)10-4-5-10/h7,10-11,18H,4-6H2,1-3H3. The van der Waals surface area contributed by atoms with Crippen molar-refractivity contribution in [2.75, 3.05) is 18.5 Å². The van der Waals surface area contributed by atoms with Crippen molar-refractivity contribution in [1.29, 1.82) is 0 Å². The average Bonchev–Trinajstić information content (AvgIpc) is 3.14. The number of nitrogens with zero attached hydrogens (tertiary/aromatic N) is 3. The number of rotatable bonds is 4. The molecule has 2 aromatic heterocycles. The molecule has 0 aromatic carbocycles. The molecule has 1 fully saturated rings. The van der Waals surface area contributed by atoms with Gasteiger partial charge in [-0.25, -0.2) is 9.97 Å². The number of aryl methyl sites for hydroxylation is 2. The lowest BCUT2D eigenvalue weighted by Crippen LogP contribution is -2.31. The van der Waals surface area contributed by atoms with Crippen LogP contribution in [0.25, 0.3) is 10.2 Å². The molecule has 2 aromatic rings. The van der Waals surface area contributed by atoms with Crippen LogP contribution in [0.1, 0.15) is 24.2 Å². The van der Waals surface area contributed by atoms with Crippen LogP contribution < -0.4 is 4.90 Å². The van der Waals surface area contributed by atoms with E-state index in [0.29, 0.717) is 12.5 Å². The lowest BCUT2D eigenvalue weighted by atomic mass is 10.2. The average molecular weight is 277 g/mol. The maximum Gasteiger partial charge on any atom is 0.141 e. The van der Waals surface area contributed by atoms with Gasteiger partial charge in [-0.1, -0.05) is 0 Å². The van der Waals surface area contributed by atoms with Crippen LogP contribution in [0.5, 0.6) is 0 Å². The monoisotopic (exact) mass is 277 g/mol. The van der Waals surface area contributed by atoms with Crippen LogP contribution in [-0.2, 0) is 0 Å².